The van der Waals surface area contributed by atoms with Crippen LogP contribution in [0.5, 0.6) is 5.75 Å². The number of nitrogen functional groups attached to an aromatic ring is 1. The molecule has 1 aromatic carbocycles. The molecule has 0 bridgehead atoms. The fourth-order valence-corrected chi connectivity index (χ4v) is 6.03. The van der Waals surface area contributed by atoms with Crippen LogP contribution in [-0.4, -0.2) is 74.3 Å². The van der Waals surface area contributed by atoms with Gasteiger partial charge in [-0.1, -0.05) is 18.2 Å². The van der Waals surface area contributed by atoms with E-state index >= 15 is 0 Å². The lowest BCUT2D eigenvalue weighted by Crippen LogP contribution is -2.37. The quantitative estimate of drug-likeness (QED) is 0.164. The van der Waals surface area contributed by atoms with Crippen molar-refractivity contribution >= 4 is 36.6 Å². The molecule has 228 valence electrons. The number of esters is 1. The fraction of sp³-hybridized carbons (Fsp3) is 0.538. The molecule has 1 aliphatic heterocycles. The van der Waals surface area contributed by atoms with Crippen LogP contribution in [-0.2, 0) is 23.4 Å². The molecular formula is C26H35FN7O7P. The number of alkyl halides is 1. The summed E-state index contributed by atoms with van der Waals surface area (Å²) >= 11 is 0. The molecule has 16 heteroatoms. The molecule has 0 amide bonds. The number of benzene rings is 1. The van der Waals surface area contributed by atoms with Crippen molar-refractivity contribution in [1.82, 2.24) is 24.6 Å². The van der Waals surface area contributed by atoms with Gasteiger partial charge in [-0.3, -0.25) is 18.3 Å². The zero-order valence-electron chi connectivity index (χ0n) is 23.4. The van der Waals surface area contributed by atoms with E-state index < -0.39 is 63.5 Å². The highest BCUT2D eigenvalue weighted by molar-refractivity contribution is 7.52. The number of imidazole rings is 1. The molecule has 3 aromatic rings. The minimum atomic E-state index is -4.24. The number of carbonyl (C=O) groups excluding carboxylic acids is 1. The van der Waals surface area contributed by atoms with E-state index in [-0.39, 0.29) is 17.7 Å². The number of anilines is 2. The van der Waals surface area contributed by atoms with Crippen molar-refractivity contribution in [2.75, 3.05) is 24.3 Å². The van der Waals surface area contributed by atoms with Crippen LogP contribution >= 0.6 is 7.75 Å². The van der Waals surface area contributed by atoms with Crippen LogP contribution in [0.2, 0.25) is 0 Å². The number of nitrogens with zero attached hydrogens (tertiary/aromatic N) is 4. The second-order valence-corrected chi connectivity index (χ2v) is 12.3. The summed E-state index contributed by atoms with van der Waals surface area (Å²) in [6.45, 7) is 3.42. The average molecular weight is 608 g/mol. The summed E-state index contributed by atoms with van der Waals surface area (Å²) in [4.78, 5) is 25.3. The Bertz CT molecular complexity index is 1440. The Balaban J connectivity index is 1.35. The van der Waals surface area contributed by atoms with E-state index in [1.165, 1.54) is 17.8 Å². The summed E-state index contributed by atoms with van der Waals surface area (Å²) in [6.07, 6.45) is -0.478. The second-order valence-electron chi connectivity index (χ2n) is 10.6. The number of aliphatic hydroxyl groups is 1. The maximum absolute atomic E-state index is 14.3. The summed E-state index contributed by atoms with van der Waals surface area (Å²) in [5, 5.41) is 16.8. The number of carbonyl (C=O) groups is 1. The minimum Gasteiger partial charge on any atom is -0.462 e. The lowest BCUT2D eigenvalue weighted by atomic mass is 10.0. The first-order valence-electron chi connectivity index (χ1n) is 13.7. The number of para-hydroxylation sites is 1. The monoisotopic (exact) mass is 607 g/mol. The molecule has 0 radical (unpaired) electrons. The highest BCUT2D eigenvalue weighted by atomic mass is 31.2. The molecule has 6 atom stereocenters. The normalized spacial score (nSPS) is 24.4. The van der Waals surface area contributed by atoms with Crippen LogP contribution < -0.4 is 20.7 Å². The SMILES string of the molecule is CC(C)OC(=O)[C@H](C)N[P@](=O)(OC[C@H]1O[C@@H](n2cnc3c(NC4CC4)nc(N)nc32)[C@@H](CF)[C@@H]1O)Oc1ccccc1. The highest BCUT2D eigenvalue weighted by Gasteiger charge is 2.47. The van der Waals surface area contributed by atoms with Gasteiger partial charge in [0.05, 0.1) is 37.7 Å². The van der Waals surface area contributed by atoms with Gasteiger partial charge < -0.3 is 30.2 Å². The number of nitrogens with one attached hydrogen (secondary N) is 2. The van der Waals surface area contributed by atoms with Gasteiger partial charge in [-0.25, -0.2) is 9.55 Å². The van der Waals surface area contributed by atoms with Crippen molar-refractivity contribution in [2.45, 2.75) is 70.2 Å². The zero-order valence-corrected chi connectivity index (χ0v) is 24.3. The topological polar surface area (TPSA) is 185 Å². The van der Waals surface area contributed by atoms with E-state index in [9.17, 15) is 18.9 Å². The number of aliphatic hydroxyl groups excluding tert-OH is 1. The molecule has 2 aliphatic rings. The number of rotatable bonds is 13. The molecule has 2 fully saturated rings. The van der Waals surface area contributed by atoms with Crippen molar-refractivity contribution in [1.29, 1.82) is 0 Å². The molecule has 1 saturated heterocycles. The van der Waals surface area contributed by atoms with Crippen LogP contribution in [0, 0.1) is 5.92 Å². The van der Waals surface area contributed by atoms with Gasteiger partial charge in [0.25, 0.3) is 0 Å². The zero-order chi connectivity index (χ0) is 30.0. The smallest absolute Gasteiger partial charge is 0.459 e. The van der Waals surface area contributed by atoms with Crippen molar-refractivity contribution < 1.29 is 37.4 Å². The molecule has 0 spiro atoms. The van der Waals surface area contributed by atoms with Crippen molar-refractivity contribution in [2.24, 2.45) is 5.92 Å². The predicted octanol–water partition coefficient (Wildman–Crippen LogP) is 2.96. The van der Waals surface area contributed by atoms with Crippen LogP contribution in [0.3, 0.4) is 0 Å². The van der Waals surface area contributed by atoms with Gasteiger partial charge in [0.1, 0.15) is 24.1 Å². The first kappa shape index (κ1) is 30.1. The van der Waals surface area contributed by atoms with Crippen molar-refractivity contribution in [3.05, 3.63) is 36.7 Å². The van der Waals surface area contributed by atoms with Gasteiger partial charge >= 0.3 is 13.7 Å². The Kier molecular flexibility index (Phi) is 8.94. The van der Waals surface area contributed by atoms with E-state index in [1.54, 1.807) is 44.2 Å². The van der Waals surface area contributed by atoms with Gasteiger partial charge in [-0.15, -0.1) is 0 Å². The van der Waals surface area contributed by atoms with Gasteiger partial charge in [-0.05, 0) is 45.7 Å². The number of nitrogens with two attached hydrogens (primary N) is 1. The third-order valence-electron chi connectivity index (χ3n) is 6.74. The number of ether oxygens (including phenoxy) is 2. The number of hydrogen-bond acceptors (Lipinski definition) is 12. The molecule has 0 unspecified atom stereocenters. The van der Waals surface area contributed by atoms with Gasteiger partial charge in [0, 0.05) is 6.04 Å². The number of halogens is 1. The van der Waals surface area contributed by atoms with Gasteiger partial charge in [0.2, 0.25) is 5.95 Å². The molecule has 5 N–H and O–H groups in total. The summed E-state index contributed by atoms with van der Waals surface area (Å²) < 4.78 is 52.2. The Hall–Kier alpha value is -3.36. The summed E-state index contributed by atoms with van der Waals surface area (Å²) in [6, 6.07) is 7.43. The van der Waals surface area contributed by atoms with Crippen LogP contribution in [0.15, 0.2) is 36.7 Å². The van der Waals surface area contributed by atoms with Crippen LogP contribution in [0.4, 0.5) is 16.2 Å². The second kappa shape index (κ2) is 12.5. The fourth-order valence-electron chi connectivity index (χ4n) is 4.53. The molecule has 2 aromatic heterocycles. The largest absolute Gasteiger partial charge is 0.462 e. The van der Waals surface area contributed by atoms with E-state index in [4.69, 9.17) is 24.3 Å². The summed E-state index contributed by atoms with van der Waals surface area (Å²) in [5.74, 6) is -1.02. The molecule has 5 rings (SSSR count). The van der Waals surface area contributed by atoms with Crippen molar-refractivity contribution in [3.8, 4) is 5.75 Å². The third kappa shape index (κ3) is 6.81. The van der Waals surface area contributed by atoms with Crippen LogP contribution in [0.1, 0.15) is 39.8 Å². The van der Waals surface area contributed by atoms with Crippen molar-refractivity contribution in [3.63, 3.8) is 0 Å². The Morgan fingerprint density at radius 2 is 2.00 bits per heavy atom. The first-order valence-corrected chi connectivity index (χ1v) is 15.2. The average Bonchev–Trinajstić information content (AvgIpc) is 3.56. The van der Waals surface area contributed by atoms with E-state index in [0.29, 0.717) is 17.0 Å². The molecular weight excluding hydrogens is 572 g/mol. The highest BCUT2D eigenvalue weighted by Crippen LogP contribution is 2.47. The maximum atomic E-state index is 14.3. The minimum absolute atomic E-state index is 0.00202. The number of aromatic nitrogens is 4. The van der Waals surface area contributed by atoms with Gasteiger partial charge in [-0.2, -0.15) is 15.1 Å². The summed E-state index contributed by atoms with van der Waals surface area (Å²) in [5.41, 5.74) is 6.68. The maximum Gasteiger partial charge on any atom is 0.459 e. The molecule has 3 heterocycles. The molecule has 14 nitrogen and oxygen atoms in total. The van der Waals surface area contributed by atoms with Gasteiger partial charge in [0.15, 0.2) is 17.0 Å². The lowest BCUT2D eigenvalue weighted by Gasteiger charge is -2.25. The molecule has 1 saturated carbocycles. The molecule has 1 aliphatic carbocycles. The predicted molar refractivity (Wildman–Crippen MR) is 150 cm³/mol. The van der Waals surface area contributed by atoms with E-state index in [0.717, 1.165) is 12.8 Å². The summed E-state index contributed by atoms with van der Waals surface area (Å²) in [7, 11) is -4.24. The molecule has 42 heavy (non-hydrogen) atoms. The van der Waals surface area contributed by atoms with E-state index in [2.05, 4.69) is 25.4 Å². The third-order valence-corrected chi connectivity index (χ3v) is 8.39. The number of hydrogen-bond donors (Lipinski definition) is 4. The van der Waals surface area contributed by atoms with Crippen LogP contribution in [0.25, 0.3) is 11.2 Å². The first-order chi connectivity index (χ1) is 20.1. The lowest BCUT2D eigenvalue weighted by molar-refractivity contribution is -0.149. The standard InChI is InChI=1S/C26H35FN7O7P/c1-14(2)39-25(36)15(3)33-42(37,41-17-7-5-4-6-8-17)38-12-19-21(35)18(11-27)24(40-19)34-13-29-20-22(30-16-9-10-16)31-26(28)32-23(20)34/h4-8,13-16,18-19,21,24,35H,9-12H2,1-3H3,(H,33,37)(H3,28,30,31,32)/t15-,18-,19+,21-,24+,42-/m0/s1. The Morgan fingerprint density at radius 3 is 2.67 bits per heavy atom. The Morgan fingerprint density at radius 1 is 1.26 bits per heavy atom. The van der Waals surface area contributed by atoms with E-state index in [1.807, 2.05) is 0 Å². The number of fused-ring (bicyclic) bond motifs is 1. The Labute approximate surface area is 241 Å².